The van der Waals surface area contributed by atoms with Gasteiger partial charge in [-0.2, -0.15) is 0 Å². The molecule has 16 heavy (non-hydrogen) atoms. The first-order chi connectivity index (χ1) is 7.68. The average Bonchev–Trinajstić information content (AvgIpc) is 2.73. The Labute approximate surface area is 97.9 Å². The molecule has 0 radical (unpaired) electrons. The molecule has 5 heteroatoms. The maximum atomic E-state index is 11.4. The Bertz CT molecular complexity index is 507. The molecule has 0 aromatic carbocycles. The third-order valence-electron chi connectivity index (χ3n) is 2.29. The fourth-order valence-corrected chi connectivity index (χ4v) is 2.13. The second-order valence-corrected chi connectivity index (χ2v) is 4.58. The summed E-state index contributed by atoms with van der Waals surface area (Å²) < 4.78 is 1.18. The second-order valence-electron chi connectivity index (χ2n) is 3.63. The molecule has 4 nitrogen and oxygen atoms in total. The van der Waals surface area contributed by atoms with E-state index in [0.717, 1.165) is 11.2 Å². The summed E-state index contributed by atoms with van der Waals surface area (Å²) in [6.45, 7) is 0.273. The van der Waals surface area contributed by atoms with Crippen LogP contribution in [0.4, 0.5) is 5.82 Å². The minimum Gasteiger partial charge on any atom is -0.360 e. The van der Waals surface area contributed by atoms with Crippen LogP contribution in [0.25, 0.3) is 10.1 Å². The van der Waals surface area contributed by atoms with Crippen LogP contribution in [0.1, 0.15) is 0 Å². The number of nitrogens with zero attached hydrogens (tertiary/aromatic N) is 2. The minimum atomic E-state index is 0.0361. The van der Waals surface area contributed by atoms with Crippen LogP contribution in [-0.2, 0) is 4.79 Å². The molecule has 0 fully saturated rings. The Morgan fingerprint density at radius 2 is 2.31 bits per heavy atom. The fourth-order valence-electron chi connectivity index (χ4n) is 1.35. The molecule has 0 aliphatic rings. The number of amides is 1. The molecule has 1 amide bonds. The Balaban J connectivity index is 2.15. The van der Waals surface area contributed by atoms with Crippen molar-refractivity contribution in [3.05, 3.63) is 23.7 Å². The highest BCUT2D eigenvalue weighted by atomic mass is 32.1. The molecular formula is C11H13N3OS. The van der Waals surface area contributed by atoms with Crippen molar-refractivity contribution in [3.63, 3.8) is 0 Å². The van der Waals surface area contributed by atoms with Crippen molar-refractivity contribution in [2.24, 2.45) is 0 Å². The van der Waals surface area contributed by atoms with Gasteiger partial charge in [-0.3, -0.25) is 4.79 Å². The number of carbonyl (C=O) groups is 1. The van der Waals surface area contributed by atoms with Gasteiger partial charge in [-0.1, -0.05) is 0 Å². The third kappa shape index (κ3) is 2.14. The van der Waals surface area contributed by atoms with Crippen molar-refractivity contribution in [3.8, 4) is 0 Å². The quantitative estimate of drug-likeness (QED) is 0.882. The van der Waals surface area contributed by atoms with E-state index in [-0.39, 0.29) is 12.5 Å². The van der Waals surface area contributed by atoms with Gasteiger partial charge in [0.05, 0.1) is 6.54 Å². The number of fused-ring (bicyclic) bond motifs is 1. The number of pyridine rings is 1. The molecule has 0 saturated carbocycles. The zero-order chi connectivity index (χ0) is 11.5. The topological polar surface area (TPSA) is 45.2 Å². The van der Waals surface area contributed by atoms with Crippen molar-refractivity contribution in [1.82, 2.24) is 9.88 Å². The van der Waals surface area contributed by atoms with Crippen LogP contribution in [0.5, 0.6) is 0 Å². The Kier molecular flexibility index (Phi) is 3.05. The standard InChI is InChI=1S/C11H13N3OS/c1-14(2)10(15)7-13-11-8-4-6-16-9(8)3-5-12-11/h3-6H,7H2,1-2H3,(H,12,13). The van der Waals surface area contributed by atoms with Crippen LogP contribution in [0.15, 0.2) is 23.7 Å². The maximum Gasteiger partial charge on any atom is 0.241 e. The van der Waals surface area contributed by atoms with Crippen LogP contribution in [-0.4, -0.2) is 36.4 Å². The predicted octanol–water partition coefficient (Wildman–Crippen LogP) is 1.80. The maximum absolute atomic E-state index is 11.4. The number of likely N-dealkylation sites (N-methyl/N-ethyl adjacent to an activating group) is 1. The molecule has 0 spiro atoms. The number of thiophene rings is 1. The van der Waals surface area contributed by atoms with E-state index in [4.69, 9.17) is 0 Å². The van der Waals surface area contributed by atoms with E-state index in [9.17, 15) is 4.79 Å². The lowest BCUT2D eigenvalue weighted by Gasteiger charge is -2.11. The summed E-state index contributed by atoms with van der Waals surface area (Å²) in [6, 6.07) is 3.98. The number of hydrogen-bond acceptors (Lipinski definition) is 4. The molecule has 0 aliphatic heterocycles. The zero-order valence-corrected chi connectivity index (χ0v) is 10.0. The highest BCUT2D eigenvalue weighted by Gasteiger charge is 2.06. The first-order valence-electron chi connectivity index (χ1n) is 4.94. The van der Waals surface area contributed by atoms with Gasteiger partial charge in [0.2, 0.25) is 5.91 Å². The Morgan fingerprint density at radius 1 is 1.50 bits per heavy atom. The van der Waals surface area contributed by atoms with E-state index in [2.05, 4.69) is 10.3 Å². The first kappa shape index (κ1) is 10.9. The summed E-state index contributed by atoms with van der Waals surface area (Å²) in [5, 5.41) is 6.15. The number of carbonyl (C=O) groups excluding carboxylic acids is 1. The second kappa shape index (κ2) is 4.49. The summed E-state index contributed by atoms with van der Waals surface area (Å²) >= 11 is 1.67. The van der Waals surface area contributed by atoms with Gasteiger partial charge in [-0.05, 0) is 17.5 Å². The van der Waals surface area contributed by atoms with Gasteiger partial charge in [0.1, 0.15) is 5.82 Å². The van der Waals surface area contributed by atoms with Crippen LogP contribution in [0.3, 0.4) is 0 Å². The van der Waals surface area contributed by atoms with Crippen molar-refractivity contribution in [2.75, 3.05) is 26.0 Å². The Morgan fingerprint density at radius 3 is 3.06 bits per heavy atom. The number of hydrogen-bond donors (Lipinski definition) is 1. The van der Waals surface area contributed by atoms with Gasteiger partial charge >= 0.3 is 0 Å². The monoisotopic (exact) mass is 235 g/mol. The summed E-state index contributed by atoms with van der Waals surface area (Å²) in [6.07, 6.45) is 1.75. The van der Waals surface area contributed by atoms with Gasteiger partial charge < -0.3 is 10.2 Å². The normalized spacial score (nSPS) is 10.4. The van der Waals surface area contributed by atoms with Crippen LogP contribution in [0.2, 0.25) is 0 Å². The average molecular weight is 235 g/mol. The Hall–Kier alpha value is -1.62. The highest BCUT2D eigenvalue weighted by Crippen LogP contribution is 2.25. The van der Waals surface area contributed by atoms with Crippen LogP contribution >= 0.6 is 11.3 Å². The van der Waals surface area contributed by atoms with E-state index in [1.165, 1.54) is 4.70 Å². The molecule has 84 valence electrons. The van der Waals surface area contributed by atoms with Gasteiger partial charge in [0.25, 0.3) is 0 Å². The lowest BCUT2D eigenvalue weighted by molar-refractivity contribution is -0.126. The number of rotatable bonds is 3. The first-order valence-corrected chi connectivity index (χ1v) is 5.82. The van der Waals surface area contributed by atoms with Crippen molar-refractivity contribution >= 4 is 33.1 Å². The molecule has 2 rings (SSSR count). The van der Waals surface area contributed by atoms with Gasteiger partial charge in [-0.15, -0.1) is 11.3 Å². The summed E-state index contributed by atoms with van der Waals surface area (Å²) in [5.74, 6) is 0.808. The molecule has 0 atom stereocenters. The fraction of sp³-hybridized carbons (Fsp3) is 0.273. The smallest absolute Gasteiger partial charge is 0.241 e. The van der Waals surface area contributed by atoms with Crippen LogP contribution < -0.4 is 5.32 Å². The lowest BCUT2D eigenvalue weighted by Crippen LogP contribution is -2.28. The minimum absolute atomic E-state index is 0.0361. The molecule has 0 unspecified atom stereocenters. The van der Waals surface area contributed by atoms with Gasteiger partial charge in [0.15, 0.2) is 0 Å². The molecular weight excluding hydrogens is 222 g/mol. The van der Waals surface area contributed by atoms with E-state index in [0.29, 0.717) is 0 Å². The molecule has 0 saturated heterocycles. The van der Waals surface area contributed by atoms with Gasteiger partial charge in [0, 0.05) is 30.4 Å². The van der Waals surface area contributed by atoms with E-state index >= 15 is 0 Å². The third-order valence-corrected chi connectivity index (χ3v) is 3.17. The summed E-state index contributed by atoms with van der Waals surface area (Å²) in [7, 11) is 3.48. The predicted molar refractivity (Wildman–Crippen MR) is 66.8 cm³/mol. The lowest BCUT2D eigenvalue weighted by atomic mass is 10.3. The molecule has 0 aliphatic carbocycles. The summed E-state index contributed by atoms with van der Waals surface area (Å²) in [4.78, 5) is 17.2. The van der Waals surface area contributed by atoms with E-state index in [1.54, 1.807) is 36.5 Å². The van der Waals surface area contributed by atoms with E-state index < -0.39 is 0 Å². The SMILES string of the molecule is CN(C)C(=O)CNc1nccc2sccc12. The van der Waals surface area contributed by atoms with Crippen molar-refractivity contribution in [2.45, 2.75) is 0 Å². The molecule has 2 heterocycles. The molecule has 0 bridgehead atoms. The number of aromatic nitrogens is 1. The largest absolute Gasteiger partial charge is 0.360 e. The molecule has 1 N–H and O–H groups in total. The highest BCUT2D eigenvalue weighted by molar-refractivity contribution is 7.17. The van der Waals surface area contributed by atoms with Crippen molar-refractivity contribution in [1.29, 1.82) is 0 Å². The summed E-state index contributed by atoms with van der Waals surface area (Å²) in [5.41, 5.74) is 0. The van der Waals surface area contributed by atoms with Crippen LogP contribution in [0, 0.1) is 0 Å². The molecule has 2 aromatic heterocycles. The van der Waals surface area contributed by atoms with Gasteiger partial charge in [-0.25, -0.2) is 4.98 Å². The zero-order valence-electron chi connectivity index (χ0n) is 9.23. The van der Waals surface area contributed by atoms with E-state index in [1.807, 2.05) is 17.5 Å². The number of anilines is 1. The van der Waals surface area contributed by atoms with Crippen molar-refractivity contribution < 1.29 is 4.79 Å². The number of nitrogens with one attached hydrogen (secondary N) is 1. The molecule has 2 aromatic rings.